The smallest absolute Gasteiger partial charge is 0.201 e. The Kier molecular flexibility index (Phi) is 9.65. The molecule has 0 spiro atoms. The van der Waals surface area contributed by atoms with Crippen LogP contribution in [0.5, 0.6) is 5.75 Å². The summed E-state index contributed by atoms with van der Waals surface area (Å²) in [5, 5.41) is 0. The van der Waals surface area contributed by atoms with Gasteiger partial charge in [-0.3, -0.25) is 0 Å². The molecule has 1 nitrogen and oxygen atoms in total. The van der Waals surface area contributed by atoms with Gasteiger partial charge in [0, 0.05) is 11.1 Å². The van der Waals surface area contributed by atoms with Crippen molar-refractivity contribution in [2.24, 2.45) is 5.92 Å². The maximum Gasteiger partial charge on any atom is 0.201 e. The number of hydrogen-bond donors (Lipinski definition) is 0. The average Bonchev–Trinajstić information content (AvgIpc) is 2.93. The molecule has 0 atom stereocenters. The zero-order valence-corrected chi connectivity index (χ0v) is 22.2. The van der Waals surface area contributed by atoms with Crippen molar-refractivity contribution in [2.75, 3.05) is 6.61 Å². The molecule has 0 aliphatic heterocycles. The molecule has 0 N–H and O–H groups in total. The first kappa shape index (κ1) is 27.9. The summed E-state index contributed by atoms with van der Waals surface area (Å²) < 4.78 is 64.8. The van der Waals surface area contributed by atoms with Crippen molar-refractivity contribution in [3.8, 4) is 16.9 Å². The highest BCUT2D eigenvalue weighted by Crippen LogP contribution is 2.40. The highest BCUT2D eigenvalue weighted by molar-refractivity contribution is 5.66. The number of halogens is 4. The number of unbranched alkanes of at least 4 members (excludes halogenated alkanes) is 1. The minimum absolute atomic E-state index is 0.0910. The fraction of sp³-hybridized carbons (Fsp3) is 0.394. The van der Waals surface area contributed by atoms with Gasteiger partial charge in [-0.2, -0.15) is 4.39 Å². The molecule has 202 valence electrons. The van der Waals surface area contributed by atoms with Crippen LogP contribution in [0.15, 0.2) is 60.7 Å². The van der Waals surface area contributed by atoms with E-state index in [1.807, 2.05) is 6.92 Å². The Hall–Kier alpha value is -3.08. The van der Waals surface area contributed by atoms with Crippen LogP contribution in [0.25, 0.3) is 11.1 Å². The van der Waals surface area contributed by atoms with E-state index in [0.29, 0.717) is 17.9 Å². The van der Waals surface area contributed by atoms with Gasteiger partial charge in [0.25, 0.3) is 0 Å². The summed E-state index contributed by atoms with van der Waals surface area (Å²) in [7, 11) is 0. The summed E-state index contributed by atoms with van der Waals surface area (Å²) >= 11 is 0. The van der Waals surface area contributed by atoms with Gasteiger partial charge in [-0.05, 0) is 87.0 Å². The predicted molar refractivity (Wildman–Crippen MR) is 145 cm³/mol. The van der Waals surface area contributed by atoms with Gasteiger partial charge in [0.2, 0.25) is 5.82 Å². The fourth-order valence-corrected chi connectivity index (χ4v) is 5.18. The Labute approximate surface area is 223 Å². The number of benzene rings is 3. The van der Waals surface area contributed by atoms with Crippen LogP contribution in [0.3, 0.4) is 0 Å². The molecule has 1 fully saturated rings. The van der Waals surface area contributed by atoms with Crippen LogP contribution in [0, 0.1) is 36.1 Å². The standard InChI is InChI=1S/C33H36F4O/c1-3-4-21-38-29-20-19-28(32(36)33(29)37)27-18-17-26(30(34)31(27)35)25-15-13-24(14-16-25)8-6-5-7-23-11-9-22(2)10-12-23/h6,8-12,17-20,24-25H,3-5,7,13-16,21H2,1-2H3/b8-6+. The Morgan fingerprint density at radius 3 is 2.13 bits per heavy atom. The molecule has 0 unspecified atom stereocenters. The van der Waals surface area contributed by atoms with E-state index >= 15 is 8.78 Å². The Morgan fingerprint density at radius 2 is 1.45 bits per heavy atom. The third kappa shape index (κ3) is 6.67. The van der Waals surface area contributed by atoms with E-state index in [1.165, 1.54) is 35.4 Å². The molecule has 0 heterocycles. The quantitative estimate of drug-likeness (QED) is 0.146. The molecule has 3 aromatic carbocycles. The molecule has 4 rings (SSSR count). The molecule has 1 aliphatic carbocycles. The van der Waals surface area contributed by atoms with Crippen LogP contribution in [-0.2, 0) is 6.42 Å². The second-order valence-corrected chi connectivity index (χ2v) is 10.3. The Morgan fingerprint density at radius 1 is 0.789 bits per heavy atom. The molecule has 0 saturated heterocycles. The molecular formula is C33H36F4O. The average molecular weight is 525 g/mol. The van der Waals surface area contributed by atoms with Gasteiger partial charge in [-0.25, -0.2) is 13.2 Å². The van der Waals surface area contributed by atoms with E-state index in [0.717, 1.165) is 44.9 Å². The molecule has 0 radical (unpaired) electrons. The number of rotatable bonds is 10. The largest absolute Gasteiger partial charge is 0.490 e. The Balaban J connectivity index is 1.37. The lowest BCUT2D eigenvalue weighted by Crippen LogP contribution is -2.14. The molecular weight excluding hydrogens is 488 g/mol. The summed E-state index contributed by atoms with van der Waals surface area (Å²) in [5.74, 6) is -4.41. The first-order chi connectivity index (χ1) is 18.4. The molecule has 38 heavy (non-hydrogen) atoms. The van der Waals surface area contributed by atoms with Gasteiger partial charge in [-0.1, -0.05) is 67.5 Å². The van der Waals surface area contributed by atoms with Gasteiger partial charge in [-0.15, -0.1) is 0 Å². The van der Waals surface area contributed by atoms with Gasteiger partial charge in [0.05, 0.1) is 6.61 Å². The maximum atomic E-state index is 15.2. The Bertz CT molecular complexity index is 1240. The van der Waals surface area contributed by atoms with E-state index in [9.17, 15) is 8.78 Å². The lowest BCUT2D eigenvalue weighted by atomic mass is 9.78. The van der Waals surface area contributed by atoms with Crippen LogP contribution in [0.4, 0.5) is 17.6 Å². The molecule has 0 amide bonds. The first-order valence-electron chi connectivity index (χ1n) is 13.7. The monoisotopic (exact) mass is 524 g/mol. The van der Waals surface area contributed by atoms with Gasteiger partial charge >= 0.3 is 0 Å². The van der Waals surface area contributed by atoms with E-state index in [-0.39, 0.29) is 29.4 Å². The lowest BCUT2D eigenvalue weighted by molar-refractivity contribution is 0.289. The topological polar surface area (TPSA) is 9.23 Å². The van der Waals surface area contributed by atoms with E-state index in [1.54, 1.807) is 0 Å². The van der Waals surface area contributed by atoms with Crippen molar-refractivity contribution in [1.82, 2.24) is 0 Å². The van der Waals surface area contributed by atoms with Crippen molar-refractivity contribution in [3.63, 3.8) is 0 Å². The molecule has 1 aliphatic rings. The third-order valence-corrected chi connectivity index (χ3v) is 7.54. The van der Waals surface area contributed by atoms with Crippen molar-refractivity contribution in [3.05, 3.63) is 101 Å². The van der Waals surface area contributed by atoms with E-state index in [2.05, 4.69) is 43.3 Å². The number of allylic oxidation sites excluding steroid dienone is 2. The van der Waals surface area contributed by atoms with Crippen LogP contribution >= 0.6 is 0 Å². The fourth-order valence-electron chi connectivity index (χ4n) is 5.18. The highest BCUT2D eigenvalue weighted by atomic mass is 19.2. The SMILES string of the molecule is CCCCOc1ccc(-c2ccc(C3CCC(/C=C/CCc4ccc(C)cc4)CC3)c(F)c2F)c(F)c1F. The highest BCUT2D eigenvalue weighted by Gasteiger charge is 2.27. The number of hydrogen-bond acceptors (Lipinski definition) is 1. The van der Waals surface area contributed by atoms with Gasteiger partial charge in [0.15, 0.2) is 23.2 Å². The van der Waals surface area contributed by atoms with Crippen LogP contribution in [0.2, 0.25) is 0 Å². The van der Waals surface area contributed by atoms with E-state index in [4.69, 9.17) is 4.74 Å². The van der Waals surface area contributed by atoms with Gasteiger partial charge < -0.3 is 4.74 Å². The second kappa shape index (κ2) is 13.1. The van der Waals surface area contributed by atoms with Crippen molar-refractivity contribution in [2.45, 2.75) is 71.1 Å². The second-order valence-electron chi connectivity index (χ2n) is 10.3. The molecule has 3 aromatic rings. The zero-order chi connectivity index (χ0) is 27.1. The molecule has 0 aromatic heterocycles. The van der Waals surface area contributed by atoms with Crippen molar-refractivity contribution < 1.29 is 22.3 Å². The minimum atomic E-state index is -1.24. The molecule has 1 saturated carbocycles. The number of aryl methyl sites for hydroxylation is 2. The number of ether oxygens (including phenoxy) is 1. The third-order valence-electron chi connectivity index (χ3n) is 7.54. The summed E-state index contributed by atoms with van der Waals surface area (Å²) in [6.45, 7) is 4.30. The molecule has 5 heteroatoms. The van der Waals surface area contributed by atoms with Crippen molar-refractivity contribution in [1.29, 1.82) is 0 Å². The summed E-state index contributed by atoms with van der Waals surface area (Å²) in [6, 6.07) is 14.0. The normalized spacial score (nSPS) is 17.7. The summed E-state index contributed by atoms with van der Waals surface area (Å²) in [4.78, 5) is 0. The van der Waals surface area contributed by atoms with Gasteiger partial charge in [0.1, 0.15) is 0 Å². The van der Waals surface area contributed by atoms with Crippen molar-refractivity contribution >= 4 is 0 Å². The summed E-state index contributed by atoms with van der Waals surface area (Å²) in [5.41, 5.74) is 2.30. The van der Waals surface area contributed by atoms with E-state index < -0.39 is 23.3 Å². The van der Waals surface area contributed by atoms with Crippen LogP contribution < -0.4 is 4.74 Å². The summed E-state index contributed by atoms with van der Waals surface area (Å²) in [6.07, 6.45) is 11.4. The minimum Gasteiger partial charge on any atom is -0.490 e. The van der Waals surface area contributed by atoms with Crippen LogP contribution in [0.1, 0.15) is 74.5 Å². The first-order valence-corrected chi connectivity index (χ1v) is 13.7. The maximum absolute atomic E-state index is 15.2. The lowest BCUT2D eigenvalue weighted by Gasteiger charge is -2.27. The predicted octanol–water partition coefficient (Wildman–Crippen LogP) is 9.86. The zero-order valence-electron chi connectivity index (χ0n) is 22.2. The van der Waals surface area contributed by atoms with Crippen LogP contribution in [-0.4, -0.2) is 6.61 Å². The molecule has 0 bridgehead atoms.